The van der Waals surface area contributed by atoms with E-state index >= 15 is 0 Å². The van der Waals surface area contributed by atoms with Crippen LogP contribution < -0.4 is 0 Å². The SMILES string of the molecule is COC(=O)c1cncc(Sc2cc(C(=O)O)ccc2F)n1. The first-order valence-corrected chi connectivity index (χ1v) is 6.44. The maximum absolute atomic E-state index is 13.7. The molecule has 1 N–H and O–H groups in total. The lowest BCUT2D eigenvalue weighted by Crippen LogP contribution is -2.05. The van der Waals surface area contributed by atoms with Crippen LogP contribution in [-0.4, -0.2) is 34.1 Å². The number of benzene rings is 1. The average molecular weight is 308 g/mol. The number of aromatic carboxylic acids is 1. The summed E-state index contributed by atoms with van der Waals surface area (Å²) in [4.78, 5) is 30.1. The van der Waals surface area contributed by atoms with Crippen molar-refractivity contribution in [2.75, 3.05) is 7.11 Å². The molecule has 0 spiro atoms. The van der Waals surface area contributed by atoms with Gasteiger partial charge in [0.05, 0.1) is 30.0 Å². The van der Waals surface area contributed by atoms with Gasteiger partial charge in [0.25, 0.3) is 0 Å². The lowest BCUT2D eigenvalue weighted by molar-refractivity contribution is 0.0591. The fourth-order valence-electron chi connectivity index (χ4n) is 1.43. The molecule has 1 aromatic carbocycles. The minimum absolute atomic E-state index is 0.0164. The largest absolute Gasteiger partial charge is 0.478 e. The van der Waals surface area contributed by atoms with Crippen LogP contribution in [-0.2, 0) is 4.74 Å². The number of aromatic nitrogens is 2. The summed E-state index contributed by atoms with van der Waals surface area (Å²) >= 11 is 0.868. The molecule has 108 valence electrons. The van der Waals surface area contributed by atoms with E-state index in [0.29, 0.717) is 0 Å². The van der Waals surface area contributed by atoms with Crippen LogP contribution in [0.5, 0.6) is 0 Å². The van der Waals surface area contributed by atoms with Crippen LogP contribution in [0.15, 0.2) is 40.5 Å². The van der Waals surface area contributed by atoms with Crippen LogP contribution in [0.4, 0.5) is 4.39 Å². The third-order valence-corrected chi connectivity index (χ3v) is 3.34. The maximum atomic E-state index is 13.7. The van der Waals surface area contributed by atoms with Crippen molar-refractivity contribution in [2.45, 2.75) is 9.92 Å². The first-order valence-electron chi connectivity index (χ1n) is 5.62. The fraction of sp³-hybridized carbons (Fsp3) is 0.0769. The number of hydrogen-bond donors (Lipinski definition) is 1. The highest BCUT2D eigenvalue weighted by Crippen LogP contribution is 2.29. The molecule has 0 aliphatic rings. The van der Waals surface area contributed by atoms with Crippen LogP contribution in [0.1, 0.15) is 20.8 Å². The van der Waals surface area contributed by atoms with Crippen molar-refractivity contribution in [1.82, 2.24) is 9.97 Å². The molecule has 21 heavy (non-hydrogen) atoms. The number of ether oxygens (including phenoxy) is 1. The first-order chi connectivity index (χ1) is 10.0. The lowest BCUT2D eigenvalue weighted by Gasteiger charge is -2.05. The van der Waals surface area contributed by atoms with Gasteiger partial charge in [-0.15, -0.1) is 0 Å². The summed E-state index contributed by atoms with van der Waals surface area (Å²) in [5.74, 6) is -2.41. The monoisotopic (exact) mass is 308 g/mol. The smallest absolute Gasteiger partial charge is 0.358 e. The molecule has 0 unspecified atom stereocenters. The van der Waals surface area contributed by atoms with Crippen LogP contribution in [0.3, 0.4) is 0 Å². The maximum Gasteiger partial charge on any atom is 0.358 e. The molecule has 0 saturated carbocycles. The second kappa shape index (κ2) is 6.31. The van der Waals surface area contributed by atoms with E-state index in [9.17, 15) is 14.0 Å². The van der Waals surface area contributed by atoms with E-state index in [2.05, 4.69) is 14.7 Å². The molecule has 0 aliphatic carbocycles. The van der Waals surface area contributed by atoms with Gasteiger partial charge >= 0.3 is 11.9 Å². The molecule has 0 saturated heterocycles. The Balaban J connectivity index is 2.32. The number of methoxy groups -OCH3 is 1. The van der Waals surface area contributed by atoms with Gasteiger partial charge in [-0.2, -0.15) is 0 Å². The van der Waals surface area contributed by atoms with Crippen molar-refractivity contribution in [3.63, 3.8) is 0 Å². The summed E-state index contributed by atoms with van der Waals surface area (Å²) in [5, 5.41) is 9.14. The van der Waals surface area contributed by atoms with Gasteiger partial charge in [0.2, 0.25) is 0 Å². The molecular weight excluding hydrogens is 299 g/mol. The molecule has 0 atom stereocenters. The first kappa shape index (κ1) is 14.9. The molecule has 2 rings (SSSR count). The molecule has 0 radical (unpaired) electrons. The van der Waals surface area contributed by atoms with E-state index in [4.69, 9.17) is 5.11 Å². The zero-order valence-electron chi connectivity index (χ0n) is 10.7. The highest BCUT2D eigenvalue weighted by molar-refractivity contribution is 7.99. The highest BCUT2D eigenvalue weighted by atomic mass is 32.2. The van der Waals surface area contributed by atoms with Gasteiger partial charge in [-0.1, -0.05) is 11.8 Å². The number of carbonyl (C=O) groups is 2. The van der Waals surface area contributed by atoms with E-state index < -0.39 is 17.8 Å². The van der Waals surface area contributed by atoms with E-state index in [0.717, 1.165) is 23.9 Å². The second-order valence-corrected chi connectivity index (χ2v) is 4.85. The van der Waals surface area contributed by atoms with Crippen LogP contribution in [0.25, 0.3) is 0 Å². The van der Waals surface area contributed by atoms with Crippen molar-refractivity contribution in [1.29, 1.82) is 0 Å². The fourth-order valence-corrected chi connectivity index (χ4v) is 2.26. The average Bonchev–Trinajstić information content (AvgIpc) is 2.48. The Morgan fingerprint density at radius 3 is 2.76 bits per heavy atom. The van der Waals surface area contributed by atoms with Crippen molar-refractivity contribution in [3.05, 3.63) is 47.7 Å². The second-order valence-electron chi connectivity index (χ2n) is 3.79. The summed E-state index contributed by atoms with van der Waals surface area (Å²) in [6, 6.07) is 3.41. The zero-order chi connectivity index (χ0) is 15.4. The number of carboxylic acids is 1. The van der Waals surface area contributed by atoms with Crippen molar-refractivity contribution >= 4 is 23.7 Å². The zero-order valence-corrected chi connectivity index (χ0v) is 11.6. The summed E-state index contributed by atoms with van der Waals surface area (Å²) in [6.45, 7) is 0. The number of hydrogen-bond acceptors (Lipinski definition) is 6. The molecule has 6 nitrogen and oxygen atoms in total. The van der Waals surface area contributed by atoms with Gasteiger partial charge in [0.1, 0.15) is 10.8 Å². The number of nitrogens with zero attached hydrogens (tertiary/aromatic N) is 2. The molecule has 1 aromatic heterocycles. The van der Waals surface area contributed by atoms with E-state index in [1.807, 2.05) is 0 Å². The van der Waals surface area contributed by atoms with Gasteiger partial charge in [0.15, 0.2) is 5.69 Å². The van der Waals surface area contributed by atoms with Crippen molar-refractivity contribution < 1.29 is 23.8 Å². The minimum atomic E-state index is -1.16. The molecule has 0 bridgehead atoms. The standard InChI is InChI=1S/C13H9FN2O4S/c1-20-13(19)9-5-15-6-11(16-9)21-10-4-7(12(17)18)2-3-8(10)14/h2-6H,1H3,(H,17,18). The summed E-state index contributed by atoms with van der Waals surface area (Å²) < 4.78 is 18.2. The molecule has 0 fully saturated rings. The van der Waals surface area contributed by atoms with E-state index in [1.165, 1.54) is 25.6 Å². The third kappa shape index (κ3) is 3.54. The predicted octanol–water partition coefficient (Wildman–Crippen LogP) is 2.25. The number of carbonyl (C=O) groups excluding carboxylic acids is 1. The summed E-state index contributed by atoms with van der Waals surface area (Å²) in [5.41, 5.74) is -0.0618. The number of esters is 1. The van der Waals surface area contributed by atoms with E-state index in [-0.39, 0.29) is 21.2 Å². The molecule has 0 amide bonds. The lowest BCUT2D eigenvalue weighted by atomic mass is 10.2. The third-order valence-electron chi connectivity index (χ3n) is 2.40. The topological polar surface area (TPSA) is 89.4 Å². The summed E-state index contributed by atoms with van der Waals surface area (Å²) in [7, 11) is 1.21. The predicted molar refractivity (Wildman–Crippen MR) is 70.9 cm³/mol. The van der Waals surface area contributed by atoms with Gasteiger partial charge in [0, 0.05) is 0 Å². The Morgan fingerprint density at radius 1 is 1.33 bits per heavy atom. The Bertz CT molecular complexity index is 708. The quantitative estimate of drug-likeness (QED) is 0.866. The van der Waals surface area contributed by atoms with Crippen LogP contribution >= 0.6 is 11.8 Å². The number of halogens is 1. The van der Waals surface area contributed by atoms with Gasteiger partial charge in [-0.3, -0.25) is 4.98 Å². The number of carboxylic acid groups (broad SMARTS) is 1. The Labute approximate surface area is 123 Å². The summed E-state index contributed by atoms with van der Waals surface area (Å²) in [6.07, 6.45) is 2.56. The van der Waals surface area contributed by atoms with E-state index in [1.54, 1.807) is 0 Å². The van der Waals surface area contributed by atoms with Gasteiger partial charge < -0.3 is 9.84 Å². The highest BCUT2D eigenvalue weighted by Gasteiger charge is 2.13. The van der Waals surface area contributed by atoms with Crippen LogP contribution in [0, 0.1) is 5.82 Å². The Kier molecular flexibility index (Phi) is 4.49. The van der Waals surface area contributed by atoms with Crippen LogP contribution in [0.2, 0.25) is 0 Å². The number of rotatable bonds is 4. The Morgan fingerprint density at radius 2 is 2.10 bits per heavy atom. The Hall–Kier alpha value is -2.48. The molecule has 1 heterocycles. The minimum Gasteiger partial charge on any atom is -0.478 e. The molecule has 2 aromatic rings. The van der Waals surface area contributed by atoms with Gasteiger partial charge in [-0.05, 0) is 18.2 Å². The normalized spacial score (nSPS) is 10.2. The molecule has 8 heteroatoms. The van der Waals surface area contributed by atoms with Crippen molar-refractivity contribution in [2.24, 2.45) is 0 Å². The molecular formula is C13H9FN2O4S. The van der Waals surface area contributed by atoms with Crippen molar-refractivity contribution in [3.8, 4) is 0 Å². The van der Waals surface area contributed by atoms with Gasteiger partial charge in [-0.25, -0.2) is 19.0 Å². The molecule has 0 aliphatic heterocycles.